The van der Waals surface area contributed by atoms with E-state index in [0.717, 1.165) is 15.4 Å². The molecule has 1 aromatic carbocycles. The van der Waals surface area contributed by atoms with Crippen molar-refractivity contribution in [1.82, 2.24) is 15.0 Å². The molecule has 0 saturated carbocycles. The number of benzene rings is 1. The van der Waals surface area contributed by atoms with Crippen molar-refractivity contribution in [2.75, 3.05) is 5.73 Å². The predicted molar refractivity (Wildman–Crippen MR) is 101 cm³/mol. The number of nitrogens with zero attached hydrogens (tertiary/aromatic N) is 3. The Balaban J connectivity index is 2.31. The van der Waals surface area contributed by atoms with Crippen molar-refractivity contribution in [3.8, 4) is 21.8 Å². The molecule has 7 heteroatoms. The van der Waals surface area contributed by atoms with Crippen LogP contribution in [0.4, 0.5) is 10.1 Å². The van der Waals surface area contributed by atoms with Crippen molar-refractivity contribution in [1.29, 1.82) is 0 Å². The van der Waals surface area contributed by atoms with Crippen molar-refractivity contribution in [3.63, 3.8) is 0 Å². The van der Waals surface area contributed by atoms with Crippen LogP contribution in [-0.4, -0.2) is 15.0 Å². The van der Waals surface area contributed by atoms with Crippen molar-refractivity contribution in [2.45, 2.75) is 33.1 Å². The fraction of sp³-hybridized carbons (Fsp3) is 0.278. The number of nitrogens with two attached hydrogens (primary N) is 1. The molecule has 3 rings (SSSR count). The molecule has 0 radical (unpaired) electrons. The maximum Gasteiger partial charge on any atom is 0.222 e. The highest BCUT2D eigenvalue weighted by Crippen LogP contribution is 2.41. The lowest BCUT2D eigenvalue weighted by atomic mass is 9.98. The summed E-state index contributed by atoms with van der Waals surface area (Å²) in [5.74, 6) is -0.474. The van der Waals surface area contributed by atoms with E-state index < -0.39 is 5.82 Å². The lowest BCUT2D eigenvalue weighted by molar-refractivity contribution is 0.585. The Kier molecular flexibility index (Phi) is 4.51. The van der Waals surface area contributed by atoms with Gasteiger partial charge in [0.15, 0.2) is 5.82 Å². The summed E-state index contributed by atoms with van der Waals surface area (Å²) < 4.78 is 14.7. The highest BCUT2D eigenvalue weighted by Gasteiger charge is 2.25. The maximum absolute atomic E-state index is 14.7. The molecular formula is C18H18ClFN4S. The van der Waals surface area contributed by atoms with Gasteiger partial charge in [-0.25, -0.2) is 19.3 Å². The molecule has 0 saturated heterocycles. The molecule has 0 spiro atoms. The van der Waals surface area contributed by atoms with E-state index in [2.05, 4.69) is 30.7 Å². The predicted octanol–water partition coefficient (Wildman–Crippen LogP) is 5.25. The van der Waals surface area contributed by atoms with Crippen LogP contribution in [0.3, 0.4) is 0 Å². The van der Waals surface area contributed by atoms with Crippen molar-refractivity contribution >= 4 is 28.6 Å². The molecule has 4 nitrogen and oxygen atoms in total. The van der Waals surface area contributed by atoms with Crippen LogP contribution >= 0.6 is 22.9 Å². The van der Waals surface area contributed by atoms with Crippen LogP contribution in [0, 0.1) is 12.7 Å². The van der Waals surface area contributed by atoms with Gasteiger partial charge < -0.3 is 5.73 Å². The minimum absolute atomic E-state index is 0.104. The van der Waals surface area contributed by atoms with Crippen LogP contribution in [-0.2, 0) is 5.41 Å². The van der Waals surface area contributed by atoms with Gasteiger partial charge in [-0.2, -0.15) is 0 Å². The molecule has 2 aromatic heterocycles. The molecule has 3 aromatic rings. The number of halogens is 2. The fourth-order valence-electron chi connectivity index (χ4n) is 2.43. The van der Waals surface area contributed by atoms with Gasteiger partial charge in [-0.1, -0.05) is 20.8 Å². The van der Waals surface area contributed by atoms with Gasteiger partial charge in [-0.15, -0.1) is 11.3 Å². The first-order chi connectivity index (χ1) is 11.7. The highest BCUT2D eigenvalue weighted by atomic mass is 35.5. The minimum atomic E-state index is -0.474. The molecule has 0 unspecified atom stereocenters. The van der Waals surface area contributed by atoms with E-state index in [-0.39, 0.29) is 16.4 Å². The van der Waals surface area contributed by atoms with Gasteiger partial charge in [-0.05, 0) is 42.3 Å². The van der Waals surface area contributed by atoms with Gasteiger partial charge >= 0.3 is 0 Å². The largest absolute Gasteiger partial charge is 0.396 e. The zero-order valence-corrected chi connectivity index (χ0v) is 16.0. The van der Waals surface area contributed by atoms with Crippen molar-refractivity contribution in [2.24, 2.45) is 0 Å². The lowest BCUT2D eigenvalue weighted by Crippen LogP contribution is -2.10. The number of aryl methyl sites for hydroxylation is 1. The molecule has 0 bridgehead atoms. The van der Waals surface area contributed by atoms with Gasteiger partial charge in [0.2, 0.25) is 5.28 Å². The number of rotatable bonds is 2. The third-order valence-electron chi connectivity index (χ3n) is 3.63. The summed E-state index contributed by atoms with van der Waals surface area (Å²) >= 11 is 7.42. The second-order valence-corrected chi connectivity index (χ2v) is 8.21. The lowest BCUT2D eigenvalue weighted by Gasteiger charge is -2.13. The van der Waals surface area contributed by atoms with Gasteiger partial charge in [-0.3, -0.25) is 0 Å². The second-order valence-electron chi connectivity index (χ2n) is 6.87. The van der Waals surface area contributed by atoms with Gasteiger partial charge in [0.25, 0.3) is 0 Å². The summed E-state index contributed by atoms with van der Waals surface area (Å²) in [7, 11) is 0. The first-order valence-corrected chi connectivity index (χ1v) is 8.92. The summed E-state index contributed by atoms with van der Waals surface area (Å²) in [6.07, 6.45) is 1.58. The summed E-state index contributed by atoms with van der Waals surface area (Å²) in [6, 6.07) is 5.10. The summed E-state index contributed by atoms with van der Waals surface area (Å²) in [4.78, 5) is 13.7. The SMILES string of the molecule is Cc1cc(N)c(F)c(-c2nc(C(C)(C)C)sc2-c2ccnc(Cl)n2)c1. The minimum Gasteiger partial charge on any atom is -0.396 e. The van der Waals surface area contributed by atoms with Crippen LogP contribution in [0.1, 0.15) is 31.3 Å². The first-order valence-electron chi connectivity index (χ1n) is 7.73. The molecular weight excluding hydrogens is 359 g/mol. The number of thiazole rings is 1. The van der Waals surface area contributed by atoms with E-state index in [1.165, 1.54) is 11.3 Å². The zero-order valence-electron chi connectivity index (χ0n) is 14.4. The van der Waals surface area contributed by atoms with Gasteiger partial charge in [0.1, 0.15) is 0 Å². The monoisotopic (exact) mass is 376 g/mol. The number of nitrogen functional groups attached to an aromatic ring is 1. The van der Waals surface area contributed by atoms with Crippen LogP contribution < -0.4 is 5.73 Å². The Hall–Kier alpha value is -2.05. The Morgan fingerprint density at radius 3 is 2.56 bits per heavy atom. The molecule has 25 heavy (non-hydrogen) atoms. The Morgan fingerprint density at radius 2 is 1.92 bits per heavy atom. The third-order valence-corrected chi connectivity index (χ3v) is 5.31. The summed E-state index contributed by atoms with van der Waals surface area (Å²) in [6.45, 7) is 8.06. The Bertz CT molecular complexity index is 947. The van der Waals surface area contributed by atoms with Crippen molar-refractivity contribution in [3.05, 3.63) is 46.1 Å². The molecule has 0 aliphatic heterocycles. The van der Waals surface area contributed by atoms with E-state index in [0.29, 0.717) is 17.0 Å². The zero-order chi connectivity index (χ0) is 18.4. The molecule has 0 aliphatic carbocycles. The van der Waals surface area contributed by atoms with Crippen LogP contribution in [0.5, 0.6) is 0 Å². The average molecular weight is 377 g/mol. The highest BCUT2D eigenvalue weighted by molar-refractivity contribution is 7.15. The fourth-order valence-corrected chi connectivity index (χ4v) is 3.68. The van der Waals surface area contributed by atoms with E-state index in [4.69, 9.17) is 22.3 Å². The summed E-state index contributed by atoms with van der Waals surface area (Å²) in [5.41, 5.74) is 8.12. The molecule has 0 amide bonds. The number of aromatic nitrogens is 3. The van der Waals surface area contributed by atoms with Gasteiger partial charge in [0.05, 0.1) is 27.0 Å². The quantitative estimate of drug-likeness (QED) is 0.490. The molecule has 0 aliphatic rings. The average Bonchev–Trinajstić information content (AvgIpc) is 2.96. The number of hydrogen-bond acceptors (Lipinski definition) is 5. The second kappa shape index (κ2) is 6.35. The van der Waals surface area contributed by atoms with Crippen LogP contribution in [0.25, 0.3) is 21.8 Å². The molecule has 2 N–H and O–H groups in total. The first kappa shape index (κ1) is 17.8. The van der Waals surface area contributed by atoms with Crippen LogP contribution in [0.2, 0.25) is 5.28 Å². The normalized spacial score (nSPS) is 11.8. The van der Waals surface area contributed by atoms with E-state index >= 15 is 0 Å². The summed E-state index contributed by atoms with van der Waals surface area (Å²) in [5, 5.41) is 1.02. The molecule has 0 atom stereocenters. The molecule has 130 valence electrons. The molecule has 0 fully saturated rings. The van der Waals surface area contributed by atoms with Gasteiger partial charge in [0, 0.05) is 17.2 Å². The Morgan fingerprint density at radius 1 is 1.20 bits per heavy atom. The van der Waals surface area contributed by atoms with E-state index in [1.54, 1.807) is 24.4 Å². The van der Waals surface area contributed by atoms with Crippen molar-refractivity contribution < 1.29 is 4.39 Å². The van der Waals surface area contributed by atoms with E-state index in [1.807, 2.05) is 6.92 Å². The Labute approximate surface area is 154 Å². The number of hydrogen-bond donors (Lipinski definition) is 1. The molecule has 2 heterocycles. The third kappa shape index (κ3) is 3.50. The maximum atomic E-state index is 14.7. The number of anilines is 1. The smallest absolute Gasteiger partial charge is 0.222 e. The standard InChI is InChI=1S/C18H18ClFN4S/c1-9-7-10(13(20)11(21)8-9)14-15(12-5-6-22-17(19)23-12)25-16(24-14)18(2,3)4/h5-8H,21H2,1-4H3. The van der Waals surface area contributed by atoms with Crippen LogP contribution in [0.15, 0.2) is 24.4 Å². The topological polar surface area (TPSA) is 64.7 Å². The van der Waals surface area contributed by atoms with E-state index in [9.17, 15) is 4.39 Å².